The van der Waals surface area contributed by atoms with Crippen LogP contribution in [-0.2, 0) is 9.47 Å². The van der Waals surface area contributed by atoms with Gasteiger partial charge in [0, 0.05) is 11.1 Å². The molecule has 0 N–H and O–H groups in total. The van der Waals surface area contributed by atoms with Crippen molar-refractivity contribution in [2.75, 3.05) is 13.2 Å². The van der Waals surface area contributed by atoms with Gasteiger partial charge < -0.3 is 9.47 Å². The van der Waals surface area contributed by atoms with Gasteiger partial charge in [-0.3, -0.25) is 0 Å². The predicted octanol–water partition coefficient (Wildman–Crippen LogP) is 2.78. The molecule has 0 radical (unpaired) electrons. The van der Waals surface area contributed by atoms with Gasteiger partial charge in [-0.15, -0.1) is 0 Å². The van der Waals surface area contributed by atoms with E-state index in [0.29, 0.717) is 12.2 Å². The number of carbonyl (C=O) groups is 1. The highest BCUT2D eigenvalue weighted by Gasteiger charge is 2.18. The first-order valence-corrected chi connectivity index (χ1v) is 6.09. The van der Waals surface area contributed by atoms with Crippen LogP contribution in [0.2, 0.25) is 0 Å². The van der Waals surface area contributed by atoms with E-state index < -0.39 is 0 Å². The van der Waals surface area contributed by atoms with E-state index in [1.807, 2.05) is 12.1 Å². The summed E-state index contributed by atoms with van der Waals surface area (Å²) in [5.41, 5.74) is 0.562. The van der Waals surface area contributed by atoms with Gasteiger partial charge in [-0.1, -0.05) is 22.0 Å². The van der Waals surface area contributed by atoms with Crippen LogP contribution in [0.25, 0.3) is 0 Å². The van der Waals surface area contributed by atoms with E-state index in [1.165, 1.54) is 0 Å². The zero-order valence-electron chi connectivity index (χ0n) is 8.82. The van der Waals surface area contributed by atoms with Crippen molar-refractivity contribution in [3.05, 3.63) is 34.3 Å². The van der Waals surface area contributed by atoms with Crippen LogP contribution in [0.1, 0.15) is 23.2 Å². The highest BCUT2D eigenvalue weighted by atomic mass is 79.9. The van der Waals surface area contributed by atoms with Gasteiger partial charge in [-0.25, -0.2) is 4.79 Å². The summed E-state index contributed by atoms with van der Waals surface area (Å²) in [4.78, 5) is 11.7. The van der Waals surface area contributed by atoms with E-state index in [2.05, 4.69) is 15.9 Å². The van der Waals surface area contributed by atoms with Gasteiger partial charge in [-0.05, 0) is 31.0 Å². The molecule has 1 aromatic rings. The summed E-state index contributed by atoms with van der Waals surface area (Å²) in [5.74, 6) is -0.295. The lowest BCUT2D eigenvalue weighted by Gasteiger charge is -2.10. The summed E-state index contributed by atoms with van der Waals surface area (Å²) in [5, 5.41) is 0. The molecular weight excluding hydrogens is 272 g/mol. The Hall–Kier alpha value is -0.870. The molecule has 0 saturated carbocycles. The lowest BCUT2D eigenvalue weighted by atomic mass is 10.2. The number of carbonyl (C=O) groups excluding carboxylic acids is 1. The Kier molecular flexibility index (Phi) is 3.96. The van der Waals surface area contributed by atoms with Crippen molar-refractivity contribution in [1.29, 1.82) is 0 Å². The Morgan fingerprint density at radius 1 is 1.56 bits per heavy atom. The van der Waals surface area contributed by atoms with E-state index in [1.54, 1.807) is 12.1 Å². The SMILES string of the molecule is O=C(OCC1CCCO1)c1cccc(Br)c1. The molecule has 1 saturated heterocycles. The Labute approximate surface area is 103 Å². The number of esters is 1. The van der Waals surface area contributed by atoms with Crippen molar-refractivity contribution in [2.24, 2.45) is 0 Å². The van der Waals surface area contributed by atoms with Crippen LogP contribution in [-0.4, -0.2) is 25.3 Å². The molecule has 1 aromatic carbocycles. The molecule has 1 heterocycles. The maximum atomic E-state index is 11.7. The molecule has 0 bridgehead atoms. The van der Waals surface area contributed by atoms with E-state index >= 15 is 0 Å². The first-order valence-electron chi connectivity index (χ1n) is 5.30. The standard InChI is InChI=1S/C12H13BrO3/c13-10-4-1-3-9(7-10)12(14)16-8-11-5-2-6-15-11/h1,3-4,7,11H,2,5-6,8H2. The number of hydrogen-bond donors (Lipinski definition) is 0. The van der Waals surface area contributed by atoms with Crippen LogP contribution in [0, 0.1) is 0 Å². The highest BCUT2D eigenvalue weighted by molar-refractivity contribution is 9.10. The van der Waals surface area contributed by atoms with Gasteiger partial charge in [0.05, 0.1) is 11.7 Å². The maximum Gasteiger partial charge on any atom is 0.338 e. The molecule has 1 aliphatic rings. The Balaban J connectivity index is 1.87. The zero-order valence-corrected chi connectivity index (χ0v) is 10.4. The number of rotatable bonds is 3. The molecule has 1 atom stereocenters. The first kappa shape index (κ1) is 11.6. The van der Waals surface area contributed by atoms with E-state index in [9.17, 15) is 4.79 Å². The molecular formula is C12H13BrO3. The smallest absolute Gasteiger partial charge is 0.338 e. The van der Waals surface area contributed by atoms with Crippen LogP contribution in [0.3, 0.4) is 0 Å². The van der Waals surface area contributed by atoms with Gasteiger partial charge >= 0.3 is 5.97 Å². The lowest BCUT2D eigenvalue weighted by molar-refractivity contribution is 0.0161. The fourth-order valence-electron chi connectivity index (χ4n) is 1.64. The van der Waals surface area contributed by atoms with Crippen LogP contribution in [0.15, 0.2) is 28.7 Å². The molecule has 4 heteroatoms. The van der Waals surface area contributed by atoms with Crippen molar-refractivity contribution in [1.82, 2.24) is 0 Å². The van der Waals surface area contributed by atoms with Crippen LogP contribution in [0.4, 0.5) is 0 Å². The fraction of sp³-hybridized carbons (Fsp3) is 0.417. The molecule has 1 unspecified atom stereocenters. The zero-order chi connectivity index (χ0) is 11.4. The van der Waals surface area contributed by atoms with Crippen LogP contribution >= 0.6 is 15.9 Å². The van der Waals surface area contributed by atoms with E-state index in [-0.39, 0.29) is 12.1 Å². The molecule has 2 rings (SSSR count). The van der Waals surface area contributed by atoms with Crippen molar-refractivity contribution < 1.29 is 14.3 Å². The number of halogens is 1. The maximum absolute atomic E-state index is 11.7. The number of benzene rings is 1. The summed E-state index contributed by atoms with van der Waals surface area (Å²) in [6, 6.07) is 7.17. The minimum Gasteiger partial charge on any atom is -0.459 e. The van der Waals surface area contributed by atoms with Gasteiger partial charge in [-0.2, -0.15) is 0 Å². The van der Waals surface area contributed by atoms with E-state index in [4.69, 9.17) is 9.47 Å². The molecule has 0 amide bonds. The van der Waals surface area contributed by atoms with Crippen molar-refractivity contribution in [2.45, 2.75) is 18.9 Å². The summed E-state index contributed by atoms with van der Waals surface area (Å²) in [7, 11) is 0. The van der Waals surface area contributed by atoms with Crippen molar-refractivity contribution in [3.8, 4) is 0 Å². The predicted molar refractivity (Wildman–Crippen MR) is 63.4 cm³/mol. The third-order valence-corrected chi connectivity index (χ3v) is 2.98. The highest BCUT2D eigenvalue weighted by Crippen LogP contribution is 2.15. The second-order valence-electron chi connectivity index (χ2n) is 3.74. The third kappa shape index (κ3) is 3.06. The summed E-state index contributed by atoms with van der Waals surface area (Å²) < 4.78 is 11.4. The van der Waals surface area contributed by atoms with E-state index in [0.717, 1.165) is 23.9 Å². The van der Waals surface area contributed by atoms with Crippen molar-refractivity contribution >= 4 is 21.9 Å². The Morgan fingerprint density at radius 3 is 3.12 bits per heavy atom. The molecule has 0 spiro atoms. The first-order chi connectivity index (χ1) is 7.75. The molecule has 86 valence electrons. The minimum absolute atomic E-state index is 0.0797. The van der Waals surface area contributed by atoms with Crippen LogP contribution in [0.5, 0.6) is 0 Å². The summed E-state index contributed by atoms with van der Waals surface area (Å²) >= 11 is 3.32. The van der Waals surface area contributed by atoms with Gasteiger partial charge in [0.15, 0.2) is 0 Å². The molecule has 3 nitrogen and oxygen atoms in total. The average Bonchev–Trinajstić information content (AvgIpc) is 2.78. The summed E-state index contributed by atoms with van der Waals surface area (Å²) in [6.45, 7) is 1.13. The molecule has 0 aliphatic carbocycles. The second kappa shape index (κ2) is 5.46. The average molecular weight is 285 g/mol. The summed E-state index contributed by atoms with van der Waals surface area (Å²) in [6.07, 6.45) is 2.11. The number of ether oxygens (including phenoxy) is 2. The topological polar surface area (TPSA) is 35.5 Å². The van der Waals surface area contributed by atoms with Gasteiger partial charge in [0.25, 0.3) is 0 Å². The monoisotopic (exact) mass is 284 g/mol. The Morgan fingerprint density at radius 2 is 2.44 bits per heavy atom. The van der Waals surface area contributed by atoms with Gasteiger partial charge in [0.1, 0.15) is 6.61 Å². The number of hydrogen-bond acceptors (Lipinski definition) is 3. The Bertz CT molecular complexity index is 372. The molecule has 0 aromatic heterocycles. The molecule has 1 aliphatic heterocycles. The fourth-order valence-corrected chi connectivity index (χ4v) is 2.04. The minimum atomic E-state index is -0.295. The third-order valence-electron chi connectivity index (χ3n) is 2.48. The lowest BCUT2D eigenvalue weighted by Crippen LogP contribution is -2.17. The van der Waals surface area contributed by atoms with Crippen LogP contribution < -0.4 is 0 Å². The van der Waals surface area contributed by atoms with Crippen molar-refractivity contribution in [3.63, 3.8) is 0 Å². The quantitative estimate of drug-likeness (QED) is 0.801. The normalized spacial score (nSPS) is 19.7. The van der Waals surface area contributed by atoms with Gasteiger partial charge in [0.2, 0.25) is 0 Å². The molecule has 1 fully saturated rings. The second-order valence-corrected chi connectivity index (χ2v) is 4.66. The largest absolute Gasteiger partial charge is 0.459 e. The molecule has 16 heavy (non-hydrogen) atoms.